The van der Waals surface area contributed by atoms with Gasteiger partial charge in [0.15, 0.2) is 0 Å². The van der Waals surface area contributed by atoms with Crippen LogP contribution in [0, 0.1) is 0 Å². The van der Waals surface area contributed by atoms with Gasteiger partial charge in [0.2, 0.25) is 0 Å². The van der Waals surface area contributed by atoms with Crippen molar-refractivity contribution in [1.82, 2.24) is 5.32 Å². The maximum Gasteiger partial charge on any atom is 0.320 e. The van der Waals surface area contributed by atoms with Crippen molar-refractivity contribution in [2.45, 2.75) is 37.3 Å². The summed E-state index contributed by atoms with van der Waals surface area (Å²) in [6.07, 6.45) is 3.65. The number of carboxylic acid groups (broad SMARTS) is 1. The monoisotopic (exact) mass is 221 g/mol. The van der Waals surface area contributed by atoms with Gasteiger partial charge in [-0.1, -0.05) is 0 Å². The summed E-state index contributed by atoms with van der Waals surface area (Å²) in [4.78, 5) is 10.7. The molecule has 0 bridgehead atoms. The highest BCUT2D eigenvalue weighted by Gasteiger charge is 2.41. The van der Waals surface area contributed by atoms with Crippen LogP contribution in [-0.4, -0.2) is 35.9 Å². The molecule has 0 saturated carbocycles. The topological polar surface area (TPSA) is 58.6 Å². The van der Waals surface area contributed by atoms with E-state index >= 15 is 0 Å². The Kier molecular flexibility index (Phi) is 3.75. The third-order valence-corrected chi connectivity index (χ3v) is 3.14. The van der Waals surface area contributed by atoms with Crippen LogP contribution in [-0.2, 0) is 9.53 Å². The maximum absolute atomic E-state index is 10.7. The van der Waals surface area contributed by atoms with E-state index in [9.17, 15) is 4.79 Å². The first-order valence-electron chi connectivity index (χ1n) is 4.80. The second kappa shape index (κ2) is 4.47. The molecule has 4 nitrogen and oxygen atoms in total. The van der Waals surface area contributed by atoms with Crippen LogP contribution in [0.5, 0.6) is 0 Å². The van der Waals surface area contributed by atoms with Crippen molar-refractivity contribution >= 4 is 18.4 Å². The van der Waals surface area contributed by atoms with Crippen LogP contribution in [0.3, 0.4) is 0 Å². The number of hydrogen-bond donors (Lipinski definition) is 2. The fourth-order valence-corrected chi connectivity index (χ4v) is 2.28. The van der Waals surface area contributed by atoms with Crippen molar-refractivity contribution in [1.29, 1.82) is 0 Å². The Morgan fingerprint density at radius 1 is 1.36 bits per heavy atom. The van der Waals surface area contributed by atoms with E-state index in [2.05, 4.69) is 5.32 Å². The number of nitrogens with one attached hydrogen (secondary N) is 1. The zero-order chi connectivity index (χ0) is 9.31. The number of hydrogen-bond acceptors (Lipinski definition) is 3. The van der Waals surface area contributed by atoms with Gasteiger partial charge in [0.05, 0.1) is 0 Å². The molecule has 82 valence electrons. The van der Waals surface area contributed by atoms with Crippen LogP contribution in [0.15, 0.2) is 0 Å². The third kappa shape index (κ3) is 2.19. The second-order valence-corrected chi connectivity index (χ2v) is 3.97. The van der Waals surface area contributed by atoms with E-state index in [0.29, 0.717) is 0 Å². The van der Waals surface area contributed by atoms with Gasteiger partial charge in [0, 0.05) is 18.8 Å². The zero-order valence-corrected chi connectivity index (χ0v) is 8.81. The highest BCUT2D eigenvalue weighted by molar-refractivity contribution is 5.85. The Balaban J connectivity index is 0.000000980. The summed E-state index contributed by atoms with van der Waals surface area (Å²) in [5, 5.41) is 12.1. The summed E-state index contributed by atoms with van der Waals surface area (Å²) < 4.78 is 5.26. The van der Waals surface area contributed by atoms with Crippen molar-refractivity contribution < 1.29 is 14.6 Å². The Bertz CT molecular complexity index is 216. The summed E-state index contributed by atoms with van der Waals surface area (Å²) in [6.45, 7) is 1.53. The standard InChI is InChI=1S/C9H15NO3.ClH/c11-8(12)7-1-2-9(10-7)3-5-13-6-4-9;/h7,10H,1-6H2,(H,11,12);1H. The summed E-state index contributed by atoms with van der Waals surface area (Å²) in [7, 11) is 0. The third-order valence-electron chi connectivity index (χ3n) is 3.14. The lowest BCUT2D eigenvalue weighted by Gasteiger charge is -2.33. The van der Waals surface area contributed by atoms with Crippen molar-refractivity contribution in [3.8, 4) is 0 Å². The molecule has 0 aromatic rings. The minimum atomic E-state index is -0.719. The highest BCUT2D eigenvalue weighted by atomic mass is 35.5. The molecule has 1 unspecified atom stereocenters. The first-order chi connectivity index (χ1) is 6.22. The molecule has 2 N–H and O–H groups in total. The number of halogens is 1. The summed E-state index contributed by atoms with van der Waals surface area (Å²) in [5.74, 6) is -0.719. The van der Waals surface area contributed by atoms with E-state index in [-0.39, 0.29) is 24.0 Å². The lowest BCUT2D eigenvalue weighted by Crippen LogP contribution is -2.49. The summed E-state index contributed by atoms with van der Waals surface area (Å²) in [6, 6.07) is -0.335. The van der Waals surface area contributed by atoms with Crippen molar-refractivity contribution in [2.24, 2.45) is 0 Å². The van der Waals surface area contributed by atoms with Gasteiger partial charge in [-0.15, -0.1) is 12.4 Å². The first-order valence-corrected chi connectivity index (χ1v) is 4.80. The van der Waals surface area contributed by atoms with Crippen LogP contribution in [0.1, 0.15) is 25.7 Å². The average Bonchev–Trinajstić information content (AvgIpc) is 2.51. The molecular weight excluding hydrogens is 206 g/mol. The summed E-state index contributed by atoms with van der Waals surface area (Å²) in [5.41, 5.74) is 0.0707. The Labute approximate surface area is 89.4 Å². The maximum atomic E-state index is 10.7. The highest BCUT2D eigenvalue weighted by Crippen LogP contribution is 2.32. The van der Waals surface area contributed by atoms with Gasteiger partial charge in [0.1, 0.15) is 6.04 Å². The number of ether oxygens (including phenoxy) is 1. The molecular formula is C9H16ClNO3. The Morgan fingerprint density at radius 3 is 2.50 bits per heavy atom. The molecule has 0 radical (unpaired) electrons. The number of carboxylic acids is 1. The minimum Gasteiger partial charge on any atom is -0.480 e. The molecule has 14 heavy (non-hydrogen) atoms. The van der Waals surface area contributed by atoms with Gasteiger partial charge >= 0.3 is 5.97 Å². The molecule has 2 aliphatic heterocycles. The molecule has 2 fully saturated rings. The molecule has 0 aromatic heterocycles. The van der Waals surface area contributed by atoms with Gasteiger partial charge in [-0.3, -0.25) is 10.1 Å². The largest absolute Gasteiger partial charge is 0.480 e. The Hall–Kier alpha value is -0.320. The van der Waals surface area contributed by atoms with E-state index in [1.807, 2.05) is 0 Å². The van der Waals surface area contributed by atoms with Crippen molar-refractivity contribution in [2.75, 3.05) is 13.2 Å². The molecule has 0 amide bonds. The molecule has 2 saturated heterocycles. The predicted octanol–water partition coefficient (Wildman–Crippen LogP) is 0.794. The van der Waals surface area contributed by atoms with Crippen molar-refractivity contribution in [3.05, 3.63) is 0 Å². The van der Waals surface area contributed by atoms with Gasteiger partial charge in [-0.05, 0) is 25.7 Å². The van der Waals surface area contributed by atoms with E-state index in [1.54, 1.807) is 0 Å². The fourth-order valence-electron chi connectivity index (χ4n) is 2.28. The van der Waals surface area contributed by atoms with Gasteiger partial charge in [0.25, 0.3) is 0 Å². The number of aliphatic carboxylic acids is 1. The van der Waals surface area contributed by atoms with Gasteiger partial charge in [-0.2, -0.15) is 0 Å². The van der Waals surface area contributed by atoms with Crippen molar-refractivity contribution in [3.63, 3.8) is 0 Å². The van der Waals surface area contributed by atoms with Crippen LogP contribution in [0.4, 0.5) is 0 Å². The van der Waals surface area contributed by atoms with Crippen LogP contribution >= 0.6 is 12.4 Å². The predicted molar refractivity (Wildman–Crippen MR) is 53.8 cm³/mol. The second-order valence-electron chi connectivity index (χ2n) is 3.97. The lowest BCUT2D eigenvalue weighted by atomic mass is 9.89. The van der Waals surface area contributed by atoms with Gasteiger partial charge in [-0.25, -0.2) is 0 Å². The molecule has 0 aliphatic carbocycles. The van der Waals surface area contributed by atoms with E-state index < -0.39 is 5.97 Å². The number of carbonyl (C=O) groups is 1. The lowest BCUT2D eigenvalue weighted by molar-refractivity contribution is -0.139. The average molecular weight is 222 g/mol. The molecule has 5 heteroatoms. The van der Waals surface area contributed by atoms with Crippen LogP contribution in [0.2, 0.25) is 0 Å². The molecule has 2 heterocycles. The Morgan fingerprint density at radius 2 is 2.00 bits per heavy atom. The quantitative estimate of drug-likeness (QED) is 0.688. The van der Waals surface area contributed by atoms with E-state index in [1.165, 1.54) is 0 Å². The molecule has 2 rings (SSSR count). The summed E-state index contributed by atoms with van der Waals surface area (Å²) >= 11 is 0. The first kappa shape index (κ1) is 11.8. The normalized spacial score (nSPS) is 29.9. The van der Waals surface area contributed by atoms with Crippen LogP contribution in [0.25, 0.3) is 0 Å². The van der Waals surface area contributed by atoms with E-state index in [0.717, 1.165) is 38.9 Å². The van der Waals surface area contributed by atoms with Gasteiger partial charge < -0.3 is 9.84 Å². The fraction of sp³-hybridized carbons (Fsp3) is 0.889. The SMILES string of the molecule is Cl.O=C(O)C1CCC2(CCOCC2)N1. The molecule has 1 atom stereocenters. The molecule has 0 aromatic carbocycles. The van der Waals surface area contributed by atoms with Crippen LogP contribution < -0.4 is 5.32 Å². The number of rotatable bonds is 1. The minimum absolute atomic E-state index is 0. The molecule has 2 aliphatic rings. The smallest absolute Gasteiger partial charge is 0.320 e. The zero-order valence-electron chi connectivity index (χ0n) is 7.99. The molecule has 1 spiro atoms. The van der Waals surface area contributed by atoms with E-state index in [4.69, 9.17) is 9.84 Å².